The molecule has 108 valence electrons. The summed E-state index contributed by atoms with van der Waals surface area (Å²) in [5.41, 5.74) is 3.55. The molecule has 1 amide bonds. The second-order valence-electron chi connectivity index (χ2n) is 5.27. The molecule has 0 bridgehead atoms. The molecular weight excluding hydrogens is 394 g/mol. The zero-order chi connectivity index (χ0) is 14.8. The number of benzene rings is 2. The van der Waals surface area contributed by atoms with Gasteiger partial charge in [-0.2, -0.15) is 0 Å². The molecule has 3 rings (SSSR count). The van der Waals surface area contributed by atoms with Gasteiger partial charge in [0.25, 0.3) is 0 Å². The number of carbonyl (C=O) groups is 1. The Morgan fingerprint density at radius 1 is 1.19 bits per heavy atom. The van der Waals surface area contributed by atoms with E-state index >= 15 is 0 Å². The van der Waals surface area contributed by atoms with Crippen LogP contribution in [0.2, 0.25) is 0 Å². The van der Waals surface area contributed by atoms with Gasteiger partial charge in [0.1, 0.15) is 0 Å². The Hall–Kier alpha value is -1.13. The van der Waals surface area contributed by atoms with Gasteiger partial charge in [-0.05, 0) is 35.2 Å². The molecule has 2 atom stereocenters. The van der Waals surface area contributed by atoms with E-state index in [-0.39, 0.29) is 16.8 Å². The van der Waals surface area contributed by atoms with Gasteiger partial charge in [-0.15, -0.1) is 0 Å². The van der Waals surface area contributed by atoms with Crippen molar-refractivity contribution >= 4 is 37.8 Å². The van der Waals surface area contributed by atoms with Crippen LogP contribution in [0.1, 0.15) is 22.7 Å². The molecule has 0 saturated carbocycles. The van der Waals surface area contributed by atoms with Crippen molar-refractivity contribution in [3.63, 3.8) is 0 Å². The van der Waals surface area contributed by atoms with Crippen molar-refractivity contribution in [2.45, 2.75) is 23.7 Å². The van der Waals surface area contributed by atoms with Gasteiger partial charge in [0.2, 0.25) is 5.91 Å². The number of nitrogens with one attached hydrogen (secondary N) is 1. The first-order valence-electron chi connectivity index (χ1n) is 6.89. The third-order valence-electron chi connectivity index (χ3n) is 3.74. The van der Waals surface area contributed by atoms with Crippen LogP contribution in [0.4, 0.5) is 0 Å². The molecular formula is C17H15Br2NO. The Kier molecular flexibility index (Phi) is 4.45. The van der Waals surface area contributed by atoms with E-state index in [1.165, 1.54) is 11.1 Å². The maximum absolute atomic E-state index is 12.3. The van der Waals surface area contributed by atoms with Gasteiger partial charge >= 0.3 is 0 Å². The van der Waals surface area contributed by atoms with Gasteiger partial charge in [-0.25, -0.2) is 0 Å². The van der Waals surface area contributed by atoms with Crippen molar-refractivity contribution in [2.24, 2.45) is 0 Å². The average Bonchev–Trinajstić information content (AvgIpc) is 2.75. The van der Waals surface area contributed by atoms with Gasteiger partial charge in [0.15, 0.2) is 0 Å². The fourth-order valence-corrected chi connectivity index (χ4v) is 3.98. The highest BCUT2D eigenvalue weighted by Gasteiger charge is 2.31. The molecule has 2 aromatic carbocycles. The number of hydrogen-bond acceptors (Lipinski definition) is 1. The van der Waals surface area contributed by atoms with Crippen LogP contribution in [0.3, 0.4) is 0 Å². The van der Waals surface area contributed by atoms with E-state index in [1.807, 2.05) is 36.4 Å². The summed E-state index contributed by atoms with van der Waals surface area (Å²) in [5.74, 6) is 0.0549. The van der Waals surface area contributed by atoms with E-state index in [9.17, 15) is 4.79 Å². The Morgan fingerprint density at radius 3 is 2.81 bits per heavy atom. The molecule has 1 N–H and O–H groups in total. The van der Waals surface area contributed by atoms with E-state index in [4.69, 9.17) is 0 Å². The zero-order valence-corrected chi connectivity index (χ0v) is 14.5. The molecule has 1 aliphatic carbocycles. The minimum absolute atomic E-state index is 0.0549. The molecule has 0 fully saturated rings. The van der Waals surface area contributed by atoms with Crippen LogP contribution in [0.15, 0.2) is 53.0 Å². The van der Waals surface area contributed by atoms with Crippen molar-refractivity contribution in [3.05, 3.63) is 69.7 Å². The van der Waals surface area contributed by atoms with E-state index in [2.05, 4.69) is 49.3 Å². The fourth-order valence-electron chi connectivity index (χ4n) is 2.77. The molecule has 2 aromatic rings. The SMILES string of the molecule is O=C(Cc1cccc(Br)c1)NC1c2ccccc2CC1Br. The second-order valence-corrected chi connectivity index (χ2v) is 7.36. The maximum Gasteiger partial charge on any atom is 0.224 e. The van der Waals surface area contributed by atoms with Crippen LogP contribution in [-0.2, 0) is 17.6 Å². The molecule has 0 heterocycles. The lowest BCUT2D eigenvalue weighted by Gasteiger charge is -2.17. The molecule has 0 aromatic heterocycles. The van der Waals surface area contributed by atoms with Crippen molar-refractivity contribution < 1.29 is 4.79 Å². The predicted molar refractivity (Wildman–Crippen MR) is 91.6 cm³/mol. The Balaban J connectivity index is 1.70. The molecule has 0 radical (unpaired) electrons. The van der Waals surface area contributed by atoms with Crippen LogP contribution in [0, 0.1) is 0 Å². The molecule has 21 heavy (non-hydrogen) atoms. The summed E-state index contributed by atoms with van der Waals surface area (Å²) in [4.78, 5) is 12.6. The summed E-state index contributed by atoms with van der Waals surface area (Å²) in [6.07, 6.45) is 1.36. The molecule has 2 unspecified atom stereocenters. The molecule has 0 aliphatic heterocycles. The number of alkyl halides is 1. The smallest absolute Gasteiger partial charge is 0.224 e. The number of rotatable bonds is 3. The highest BCUT2D eigenvalue weighted by molar-refractivity contribution is 9.10. The number of amides is 1. The maximum atomic E-state index is 12.3. The molecule has 0 saturated heterocycles. The summed E-state index contributed by atoms with van der Waals surface area (Å²) >= 11 is 7.12. The average molecular weight is 409 g/mol. The van der Waals surface area contributed by atoms with E-state index in [0.29, 0.717) is 6.42 Å². The topological polar surface area (TPSA) is 29.1 Å². The minimum atomic E-state index is 0.0549. The normalized spacial score (nSPS) is 20.1. The minimum Gasteiger partial charge on any atom is -0.348 e. The zero-order valence-electron chi connectivity index (χ0n) is 11.4. The van der Waals surface area contributed by atoms with Crippen molar-refractivity contribution in [3.8, 4) is 0 Å². The van der Waals surface area contributed by atoms with E-state index in [1.54, 1.807) is 0 Å². The van der Waals surface area contributed by atoms with Crippen LogP contribution >= 0.6 is 31.9 Å². The summed E-state index contributed by atoms with van der Waals surface area (Å²) in [6.45, 7) is 0. The van der Waals surface area contributed by atoms with Crippen LogP contribution in [0.25, 0.3) is 0 Å². The third-order valence-corrected chi connectivity index (χ3v) is 5.08. The lowest BCUT2D eigenvalue weighted by molar-refractivity contribution is -0.121. The van der Waals surface area contributed by atoms with Crippen LogP contribution < -0.4 is 5.32 Å². The number of halogens is 2. The molecule has 4 heteroatoms. The fraction of sp³-hybridized carbons (Fsp3) is 0.235. The van der Waals surface area contributed by atoms with E-state index in [0.717, 1.165) is 16.5 Å². The van der Waals surface area contributed by atoms with E-state index < -0.39 is 0 Å². The van der Waals surface area contributed by atoms with Crippen LogP contribution in [-0.4, -0.2) is 10.7 Å². The lowest BCUT2D eigenvalue weighted by Crippen LogP contribution is -2.32. The summed E-state index contributed by atoms with van der Waals surface area (Å²) in [7, 11) is 0. The second kappa shape index (κ2) is 6.32. The first-order chi connectivity index (χ1) is 10.1. The Labute approximate surface area is 141 Å². The quantitative estimate of drug-likeness (QED) is 0.758. The summed E-state index contributed by atoms with van der Waals surface area (Å²) < 4.78 is 0.998. The summed E-state index contributed by atoms with van der Waals surface area (Å²) in [6, 6.07) is 16.2. The van der Waals surface area contributed by atoms with Crippen LogP contribution in [0.5, 0.6) is 0 Å². The monoisotopic (exact) mass is 407 g/mol. The Bertz CT molecular complexity index is 671. The predicted octanol–water partition coefficient (Wildman–Crippen LogP) is 4.17. The van der Waals surface area contributed by atoms with Gasteiger partial charge in [0, 0.05) is 9.30 Å². The van der Waals surface area contributed by atoms with Gasteiger partial charge in [0.05, 0.1) is 12.5 Å². The van der Waals surface area contributed by atoms with Gasteiger partial charge in [-0.3, -0.25) is 4.79 Å². The molecule has 2 nitrogen and oxygen atoms in total. The largest absolute Gasteiger partial charge is 0.348 e. The van der Waals surface area contributed by atoms with Crippen molar-refractivity contribution in [1.82, 2.24) is 5.32 Å². The first-order valence-corrected chi connectivity index (χ1v) is 8.60. The lowest BCUT2D eigenvalue weighted by atomic mass is 10.1. The molecule has 0 spiro atoms. The molecule has 1 aliphatic rings. The first kappa shape index (κ1) is 14.8. The van der Waals surface area contributed by atoms with Crippen molar-refractivity contribution in [2.75, 3.05) is 0 Å². The standard InChI is InChI=1S/C17H15Br2NO/c18-13-6-3-4-11(8-13)9-16(21)20-17-14-7-2-1-5-12(14)10-15(17)19/h1-8,15,17H,9-10H2,(H,20,21). The number of carbonyl (C=O) groups excluding carboxylic acids is 1. The highest BCUT2D eigenvalue weighted by atomic mass is 79.9. The van der Waals surface area contributed by atoms with Crippen molar-refractivity contribution in [1.29, 1.82) is 0 Å². The summed E-state index contributed by atoms with van der Waals surface area (Å²) in [5, 5.41) is 3.15. The highest BCUT2D eigenvalue weighted by Crippen LogP contribution is 2.35. The number of fused-ring (bicyclic) bond motifs is 1. The van der Waals surface area contributed by atoms with Gasteiger partial charge < -0.3 is 5.32 Å². The third kappa shape index (κ3) is 3.38. The number of hydrogen-bond donors (Lipinski definition) is 1. The Morgan fingerprint density at radius 2 is 2.00 bits per heavy atom. The van der Waals surface area contributed by atoms with Gasteiger partial charge in [-0.1, -0.05) is 68.3 Å².